The highest BCUT2D eigenvalue weighted by Crippen LogP contribution is 2.54. The van der Waals surface area contributed by atoms with Crippen molar-refractivity contribution in [2.45, 2.75) is 0 Å². The van der Waals surface area contributed by atoms with Gasteiger partial charge in [0, 0.05) is 39.3 Å². The zero-order valence-electron chi connectivity index (χ0n) is 30.7. The highest BCUT2D eigenvalue weighted by atomic mass is 16.5. The highest BCUT2D eigenvalue weighted by Gasteiger charge is 2.27. The van der Waals surface area contributed by atoms with Crippen molar-refractivity contribution in [3.05, 3.63) is 224 Å². The summed E-state index contributed by atoms with van der Waals surface area (Å²) < 4.78 is 7.13. The van der Waals surface area contributed by atoms with E-state index in [-0.39, 0.29) is 0 Å². The molecule has 10 rings (SSSR count). The summed E-state index contributed by atoms with van der Waals surface area (Å²) in [6.45, 7) is 0. The van der Waals surface area contributed by atoms with Crippen molar-refractivity contribution in [1.82, 2.24) is 0 Å². The lowest BCUT2D eigenvalue weighted by Gasteiger charge is -2.27. The van der Waals surface area contributed by atoms with E-state index in [1.807, 2.05) is 0 Å². The fourth-order valence-corrected chi connectivity index (χ4v) is 8.02. The number of hydrogen-bond donors (Lipinski definition) is 0. The van der Waals surface area contributed by atoms with Gasteiger partial charge in [0.05, 0.1) is 0 Å². The molecule has 9 aromatic carbocycles. The van der Waals surface area contributed by atoms with Crippen LogP contribution in [0.4, 0.5) is 17.1 Å². The van der Waals surface area contributed by atoms with Gasteiger partial charge in [0.1, 0.15) is 11.5 Å². The molecule has 56 heavy (non-hydrogen) atoms. The van der Waals surface area contributed by atoms with Crippen molar-refractivity contribution in [1.29, 1.82) is 0 Å². The first-order valence-electron chi connectivity index (χ1n) is 19.1. The molecule has 0 amide bonds. The molecule has 0 saturated carbocycles. The summed E-state index contributed by atoms with van der Waals surface area (Å²) >= 11 is 0. The molecule has 0 radical (unpaired) electrons. The quantitative estimate of drug-likeness (QED) is 0.163. The molecule has 0 spiro atoms. The van der Waals surface area contributed by atoms with Crippen molar-refractivity contribution >= 4 is 17.1 Å². The second kappa shape index (κ2) is 14.4. The number of fused-ring (bicyclic) bond motifs is 5. The molecule has 2 nitrogen and oxygen atoms in total. The van der Waals surface area contributed by atoms with Gasteiger partial charge in [-0.1, -0.05) is 182 Å². The zero-order valence-corrected chi connectivity index (χ0v) is 30.7. The van der Waals surface area contributed by atoms with Crippen LogP contribution in [0.25, 0.3) is 66.8 Å². The minimum atomic E-state index is 0.818. The van der Waals surface area contributed by atoms with Gasteiger partial charge >= 0.3 is 0 Å². The van der Waals surface area contributed by atoms with E-state index < -0.39 is 0 Å². The zero-order chi connectivity index (χ0) is 37.3. The normalized spacial score (nSPS) is 11.4. The molecule has 0 aliphatic carbocycles. The van der Waals surface area contributed by atoms with Gasteiger partial charge in [0.15, 0.2) is 0 Å². The number of hydrogen-bond acceptors (Lipinski definition) is 2. The molecule has 264 valence electrons. The fourth-order valence-electron chi connectivity index (χ4n) is 8.02. The SMILES string of the molecule is c1ccc(-c2ccc(N(c3cccc(-c4ccccc4)c3)c3ccc4c(c3)-c3c(-c5ccccc5)cccc3-c3cccc(-c5ccccc5)c3O4)cc2)cc1. The summed E-state index contributed by atoms with van der Waals surface area (Å²) in [6.07, 6.45) is 0. The van der Waals surface area contributed by atoms with Gasteiger partial charge in [-0.2, -0.15) is 0 Å². The van der Waals surface area contributed by atoms with Gasteiger partial charge in [-0.15, -0.1) is 0 Å². The minimum Gasteiger partial charge on any atom is -0.455 e. The molecule has 0 saturated heterocycles. The van der Waals surface area contributed by atoms with E-state index in [0.717, 1.165) is 78.6 Å². The van der Waals surface area contributed by atoms with Gasteiger partial charge in [-0.3, -0.25) is 0 Å². The molecule has 0 N–H and O–H groups in total. The van der Waals surface area contributed by atoms with E-state index in [1.165, 1.54) is 16.7 Å². The highest BCUT2D eigenvalue weighted by molar-refractivity contribution is 6.01. The second-order valence-electron chi connectivity index (χ2n) is 14.1. The Hall–Kier alpha value is -7.42. The third-order valence-corrected chi connectivity index (χ3v) is 10.7. The molecule has 1 heterocycles. The van der Waals surface area contributed by atoms with E-state index in [0.29, 0.717) is 0 Å². The molecule has 2 heteroatoms. The first-order chi connectivity index (χ1) is 27.8. The Morgan fingerprint density at radius 3 is 1.39 bits per heavy atom. The lowest BCUT2D eigenvalue weighted by Crippen LogP contribution is -2.10. The first-order valence-corrected chi connectivity index (χ1v) is 19.1. The van der Waals surface area contributed by atoms with E-state index in [9.17, 15) is 0 Å². The number of rotatable bonds is 7. The lowest BCUT2D eigenvalue weighted by atomic mass is 9.86. The largest absolute Gasteiger partial charge is 0.455 e. The Kier molecular flexibility index (Phi) is 8.55. The van der Waals surface area contributed by atoms with Gasteiger partial charge in [-0.25, -0.2) is 0 Å². The number of ether oxygens (including phenoxy) is 1. The molecular weight excluding hydrogens is 679 g/mol. The van der Waals surface area contributed by atoms with Crippen molar-refractivity contribution in [3.63, 3.8) is 0 Å². The summed E-state index contributed by atoms with van der Waals surface area (Å²) in [5, 5.41) is 0. The first kappa shape index (κ1) is 33.2. The van der Waals surface area contributed by atoms with Gasteiger partial charge < -0.3 is 9.64 Å². The summed E-state index contributed by atoms with van der Waals surface area (Å²) in [5.74, 6) is 1.68. The van der Waals surface area contributed by atoms with Crippen molar-refractivity contribution in [2.24, 2.45) is 0 Å². The Labute approximate surface area is 328 Å². The number of para-hydroxylation sites is 1. The molecule has 0 unspecified atom stereocenters. The molecule has 0 fully saturated rings. The van der Waals surface area contributed by atoms with Gasteiger partial charge in [0.25, 0.3) is 0 Å². The molecule has 0 aromatic heterocycles. The van der Waals surface area contributed by atoms with Crippen molar-refractivity contribution in [2.75, 3.05) is 4.90 Å². The van der Waals surface area contributed by atoms with E-state index in [1.54, 1.807) is 0 Å². The van der Waals surface area contributed by atoms with E-state index in [2.05, 4.69) is 229 Å². The van der Waals surface area contributed by atoms with Crippen LogP contribution in [0, 0.1) is 0 Å². The summed E-state index contributed by atoms with van der Waals surface area (Å²) in [7, 11) is 0. The molecule has 0 atom stereocenters. The van der Waals surface area contributed by atoms with Crippen LogP contribution in [-0.2, 0) is 0 Å². The average Bonchev–Trinajstić information content (AvgIpc) is 3.42. The summed E-state index contributed by atoms with van der Waals surface area (Å²) in [6, 6.07) is 79.9. The Balaban J connectivity index is 1.20. The molecule has 1 aliphatic heterocycles. The standard InChI is InChI=1S/C54H37NO/c1-5-16-38(17-6-1)40-30-32-44(33-31-40)55(45-25-13-24-43(36-45)39-18-7-2-8-19-39)46-34-35-52-51(37-46)53-47(41-20-9-3-10-21-41)26-14-28-49(53)50-29-15-27-48(54(50)56-52)42-22-11-4-12-23-42/h1-37H. The lowest BCUT2D eigenvalue weighted by molar-refractivity contribution is 0.489. The van der Waals surface area contributed by atoms with Crippen LogP contribution in [0.5, 0.6) is 11.5 Å². The van der Waals surface area contributed by atoms with Crippen LogP contribution in [0.1, 0.15) is 0 Å². The maximum atomic E-state index is 7.13. The molecular formula is C54H37NO. The smallest absolute Gasteiger partial charge is 0.143 e. The van der Waals surface area contributed by atoms with Crippen LogP contribution in [-0.4, -0.2) is 0 Å². The third-order valence-electron chi connectivity index (χ3n) is 10.7. The Morgan fingerprint density at radius 1 is 0.268 bits per heavy atom. The fraction of sp³-hybridized carbons (Fsp3) is 0. The maximum Gasteiger partial charge on any atom is 0.143 e. The van der Waals surface area contributed by atoms with E-state index in [4.69, 9.17) is 4.74 Å². The topological polar surface area (TPSA) is 12.5 Å². The number of benzene rings is 9. The summed E-state index contributed by atoms with van der Waals surface area (Å²) in [5.41, 5.74) is 16.8. The van der Waals surface area contributed by atoms with Crippen LogP contribution in [0.3, 0.4) is 0 Å². The molecule has 9 aromatic rings. The number of nitrogens with zero attached hydrogens (tertiary/aromatic N) is 1. The van der Waals surface area contributed by atoms with Crippen LogP contribution < -0.4 is 9.64 Å². The Morgan fingerprint density at radius 2 is 0.732 bits per heavy atom. The summed E-state index contributed by atoms with van der Waals surface area (Å²) in [4.78, 5) is 2.36. The van der Waals surface area contributed by atoms with Crippen molar-refractivity contribution < 1.29 is 4.74 Å². The monoisotopic (exact) mass is 715 g/mol. The van der Waals surface area contributed by atoms with Crippen LogP contribution in [0.15, 0.2) is 224 Å². The predicted octanol–water partition coefficient (Wildman–Crippen LogP) is 15.3. The van der Waals surface area contributed by atoms with E-state index >= 15 is 0 Å². The molecule has 0 bridgehead atoms. The second-order valence-corrected chi connectivity index (χ2v) is 14.1. The van der Waals surface area contributed by atoms with Crippen LogP contribution in [0.2, 0.25) is 0 Å². The predicted molar refractivity (Wildman–Crippen MR) is 234 cm³/mol. The van der Waals surface area contributed by atoms with Crippen LogP contribution >= 0.6 is 0 Å². The minimum absolute atomic E-state index is 0.818. The average molecular weight is 716 g/mol. The maximum absolute atomic E-state index is 7.13. The third kappa shape index (κ3) is 6.14. The van der Waals surface area contributed by atoms with Gasteiger partial charge in [0.2, 0.25) is 0 Å². The van der Waals surface area contributed by atoms with Crippen molar-refractivity contribution in [3.8, 4) is 78.3 Å². The molecule has 1 aliphatic rings. The Bertz CT molecular complexity index is 2800. The number of anilines is 3. The van der Waals surface area contributed by atoms with Gasteiger partial charge in [-0.05, 0) is 87.0 Å².